The van der Waals surface area contributed by atoms with E-state index in [4.69, 9.17) is 16.0 Å². The smallest absolute Gasteiger partial charge is 0.272 e. The lowest BCUT2D eigenvalue weighted by Gasteiger charge is -1.99. The normalized spacial score (nSPS) is 13.1. The molecule has 0 amide bonds. The molecule has 0 aliphatic heterocycles. The van der Waals surface area contributed by atoms with Crippen LogP contribution >= 0.6 is 0 Å². The summed E-state index contributed by atoms with van der Waals surface area (Å²) in [4.78, 5) is 3.83. The summed E-state index contributed by atoms with van der Waals surface area (Å²) in [6.07, 6.45) is 3.89. The third-order valence-electron chi connectivity index (χ3n) is 1.76. The molecule has 0 aliphatic carbocycles. The predicted molar refractivity (Wildman–Crippen MR) is 60.4 cm³/mol. The number of hydrogen-bond donors (Lipinski definition) is 3. The summed E-state index contributed by atoms with van der Waals surface area (Å²) < 4.78 is 29.3. The summed E-state index contributed by atoms with van der Waals surface area (Å²) in [6.45, 7) is 1.18. The predicted octanol–water partition coefficient (Wildman–Crippen LogP) is -0.249. The van der Waals surface area contributed by atoms with E-state index in [1.165, 1.54) is 0 Å². The van der Waals surface area contributed by atoms with Gasteiger partial charge in [0.15, 0.2) is 0 Å². The molecule has 0 aromatic carbocycles. The van der Waals surface area contributed by atoms with E-state index in [9.17, 15) is 8.42 Å². The summed E-state index contributed by atoms with van der Waals surface area (Å²) in [6, 6.07) is 0. The van der Waals surface area contributed by atoms with Gasteiger partial charge in [-0.2, -0.15) is 8.42 Å². The minimum atomic E-state index is -4.05. The zero-order valence-corrected chi connectivity index (χ0v) is 9.54. The molecule has 7 heteroatoms. The molecule has 0 fully saturated rings. The second kappa shape index (κ2) is 7.61. The minimum absolute atomic E-state index is 0.0451. The van der Waals surface area contributed by atoms with Crippen LogP contribution in [0.15, 0.2) is 4.99 Å². The van der Waals surface area contributed by atoms with E-state index in [-0.39, 0.29) is 5.84 Å². The van der Waals surface area contributed by atoms with Gasteiger partial charge < -0.3 is 11.5 Å². The van der Waals surface area contributed by atoms with Crippen LogP contribution in [-0.2, 0) is 10.1 Å². The van der Waals surface area contributed by atoms with Crippen molar-refractivity contribution in [3.05, 3.63) is 0 Å². The van der Waals surface area contributed by atoms with Gasteiger partial charge in [0.25, 0.3) is 10.1 Å². The highest BCUT2D eigenvalue weighted by atomic mass is 32.2. The van der Waals surface area contributed by atoms with Crippen LogP contribution in [0.2, 0.25) is 0 Å². The molecule has 0 rings (SSSR count). The van der Waals surface area contributed by atoms with Crippen molar-refractivity contribution in [1.29, 1.82) is 0 Å². The first-order valence-electron chi connectivity index (χ1n) is 4.89. The molecule has 0 aromatic heterocycles. The van der Waals surface area contributed by atoms with E-state index in [2.05, 4.69) is 4.99 Å². The Balaban J connectivity index is 3.59. The largest absolute Gasteiger partial charge is 0.387 e. The standard InChI is InChI=1S/C8H19N3O3S/c9-5-3-1-2-4-6-11-8(10)7-15(12,13)14/h1-7,9H2,(H2,10,11)(H,12,13,14). The van der Waals surface area contributed by atoms with Crippen molar-refractivity contribution < 1.29 is 13.0 Å². The molecule has 0 radical (unpaired) electrons. The molecule has 0 aromatic rings. The fraction of sp³-hybridized carbons (Fsp3) is 0.875. The molecular weight excluding hydrogens is 218 g/mol. The number of aliphatic imine (C=N–C) groups is 1. The lowest BCUT2D eigenvalue weighted by atomic mass is 10.2. The van der Waals surface area contributed by atoms with Crippen LogP contribution in [0.1, 0.15) is 25.7 Å². The molecule has 0 saturated carbocycles. The van der Waals surface area contributed by atoms with Crippen LogP contribution in [-0.4, -0.2) is 37.6 Å². The van der Waals surface area contributed by atoms with E-state index in [1.54, 1.807) is 0 Å². The van der Waals surface area contributed by atoms with Gasteiger partial charge >= 0.3 is 0 Å². The summed E-state index contributed by atoms with van der Waals surface area (Å²) in [5.74, 6) is -0.633. The zero-order valence-electron chi connectivity index (χ0n) is 8.72. The average molecular weight is 237 g/mol. The van der Waals surface area contributed by atoms with Gasteiger partial charge in [0.05, 0.1) is 0 Å². The molecule has 0 unspecified atom stereocenters. The van der Waals surface area contributed by atoms with E-state index in [1.807, 2.05) is 0 Å². The number of rotatable bonds is 8. The molecule has 0 atom stereocenters. The van der Waals surface area contributed by atoms with Crippen LogP contribution in [0.4, 0.5) is 0 Å². The second-order valence-electron chi connectivity index (χ2n) is 3.30. The SMILES string of the molecule is NCCCCCCN=C(N)CS(=O)(=O)O. The van der Waals surface area contributed by atoms with Gasteiger partial charge in [-0.25, -0.2) is 0 Å². The topological polar surface area (TPSA) is 119 Å². The monoisotopic (exact) mass is 237 g/mol. The summed E-state index contributed by atoms with van der Waals surface area (Å²) in [5, 5.41) is 0. The Labute approximate surface area is 90.5 Å². The molecular formula is C8H19N3O3S. The highest BCUT2D eigenvalue weighted by Gasteiger charge is 2.06. The first kappa shape index (κ1) is 14.3. The Hall–Kier alpha value is -0.660. The van der Waals surface area contributed by atoms with Crippen molar-refractivity contribution in [2.24, 2.45) is 16.5 Å². The maximum absolute atomic E-state index is 10.4. The number of unbranched alkanes of at least 4 members (excludes halogenated alkanes) is 3. The highest BCUT2D eigenvalue weighted by molar-refractivity contribution is 7.86. The number of nitrogens with zero attached hydrogens (tertiary/aromatic N) is 1. The van der Waals surface area contributed by atoms with E-state index in [0.717, 1.165) is 25.7 Å². The van der Waals surface area contributed by atoms with Crippen LogP contribution in [0.5, 0.6) is 0 Å². The third-order valence-corrected chi connectivity index (χ3v) is 2.42. The molecule has 90 valence electrons. The van der Waals surface area contributed by atoms with Crippen LogP contribution in [0.3, 0.4) is 0 Å². The van der Waals surface area contributed by atoms with Crippen molar-refractivity contribution in [3.63, 3.8) is 0 Å². The van der Waals surface area contributed by atoms with Crippen molar-refractivity contribution >= 4 is 16.0 Å². The Kier molecular flexibility index (Phi) is 7.27. The molecule has 0 spiro atoms. The Morgan fingerprint density at radius 3 is 2.33 bits per heavy atom. The Morgan fingerprint density at radius 1 is 1.20 bits per heavy atom. The fourth-order valence-corrected chi connectivity index (χ4v) is 1.53. The molecule has 15 heavy (non-hydrogen) atoms. The molecule has 0 saturated heterocycles. The summed E-state index contributed by atoms with van der Waals surface area (Å²) in [5.41, 5.74) is 10.6. The van der Waals surface area contributed by atoms with Crippen molar-refractivity contribution in [2.75, 3.05) is 18.8 Å². The third kappa shape index (κ3) is 11.3. The van der Waals surface area contributed by atoms with Crippen LogP contribution < -0.4 is 11.5 Å². The molecule has 0 bridgehead atoms. The van der Waals surface area contributed by atoms with Crippen molar-refractivity contribution in [3.8, 4) is 0 Å². The second-order valence-corrected chi connectivity index (χ2v) is 4.75. The van der Waals surface area contributed by atoms with Gasteiger partial charge in [0.2, 0.25) is 0 Å². The fourth-order valence-electron chi connectivity index (χ4n) is 1.06. The van der Waals surface area contributed by atoms with Gasteiger partial charge in [0, 0.05) is 6.54 Å². The first-order chi connectivity index (χ1) is 6.95. The lowest BCUT2D eigenvalue weighted by Crippen LogP contribution is -2.23. The minimum Gasteiger partial charge on any atom is -0.387 e. The van der Waals surface area contributed by atoms with Gasteiger partial charge in [-0.3, -0.25) is 9.55 Å². The van der Waals surface area contributed by atoms with Gasteiger partial charge in [-0.1, -0.05) is 12.8 Å². The van der Waals surface area contributed by atoms with E-state index in [0.29, 0.717) is 13.1 Å². The maximum Gasteiger partial charge on any atom is 0.272 e. The van der Waals surface area contributed by atoms with Gasteiger partial charge in [-0.05, 0) is 19.4 Å². The average Bonchev–Trinajstić information content (AvgIpc) is 2.08. The lowest BCUT2D eigenvalue weighted by molar-refractivity contribution is 0.487. The summed E-state index contributed by atoms with van der Waals surface area (Å²) >= 11 is 0. The quantitative estimate of drug-likeness (QED) is 0.233. The van der Waals surface area contributed by atoms with E-state index >= 15 is 0 Å². The molecule has 6 nitrogen and oxygen atoms in total. The number of nitrogens with two attached hydrogens (primary N) is 2. The van der Waals surface area contributed by atoms with E-state index < -0.39 is 15.9 Å². The van der Waals surface area contributed by atoms with Gasteiger partial charge in [-0.15, -0.1) is 0 Å². The first-order valence-corrected chi connectivity index (χ1v) is 6.50. The van der Waals surface area contributed by atoms with Crippen LogP contribution in [0, 0.1) is 0 Å². The molecule has 0 aliphatic rings. The maximum atomic E-state index is 10.4. The Bertz CT molecular complexity index is 288. The highest BCUT2D eigenvalue weighted by Crippen LogP contribution is 1.98. The molecule has 0 heterocycles. The van der Waals surface area contributed by atoms with Crippen molar-refractivity contribution in [1.82, 2.24) is 0 Å². The number of amidine groups is 1. The van der Waals surface area contributed by atoms with Crippen molar-refractivity contribution in [2.45, 2.75) is 25.7 Å². The zero-order chi connectivity index (χ0) is 11.7. The van der Waals surface area contributed by atoms with Gasteiger partial charge in [0.1, 0.15) is 11.6 Å². The van der Waals surface area contributed by atoms with Crippen LogP contribution in [0.25, 0.3) is 0 Å². The Morgan fingerprint density at radius 2 is 1.80 bits per heavy atom. The summed E-state index contributed by atoms with van der Waals surface area (Å²) in [7, 11) is -4.05. The number of hydrogen-bond acceptors (Lipinski definition) is 4. The molecule has 5 N–H and O–H groups in total.